The van der Waals surface area contributed by atoms with Gasteiger partial charge in [-0.25, -0.2) is 8.42 Å². The van der Waals surface area contributed by atoms with E-state index in [1.165, 1.54) is 0 Å². The zero-order valence-electron chi connectivity index (χ0n) is 17.3. The fourth-order valence-electron chi connectivity index (χ4n) is 3.23. The lowest BCUT2D eigenvalue weighted by Crippen LogP contribution is -2.48. The topological polar surface area (TPSA) is 75.3 Å². The average Bonchev–Trinajstić information content (AvgIpc) is 2.73. The molecule has 0 aliphatic carbocycles. The van der Waals surface area contributed by atoms with E-state index in [-0.39, 0.29) is 17.2 Å². The van der Waals surface area contributed by atoms with Gasteiger partial charge in [0.1, 0.15) is 6.04 Å². The zero-order valence-corrected chi connectivity index (χ0v) is 18.2. The number of hydrogen-bond acceptors (Lipinski definition) is 3. The van der Waals surface area contributed by atoms with Gasteiger partial charge < -0.3 is 5.32 Å². The van der Waals surface area contributed by atoms with E-state index in [1.807, 2.05) is 54.6 Å². The SMILES string of the molecule is CC(C)CCNC(=O)C(Cc1ccccc1)NS(=O)(=O)c1ccc2ccccc2c1. The van der Waals surface area contributed by atoms with Crippen LogP contribution in [0.25, 0.3) is 10.8 Å². The van der Waals surface area contributed by atoms with Crippen molar-refractivity contribution in [1.29, 1.82) is 0 Å². The first kappa shape index (κ1) is 22.0. The number of fused-ring (bicyclic) bond motifs is 1. The highest BCUT2D eigenvalue weighted by molar-refractivity contribution is 7.89. The molecule has 0 fully saturated rings. The van der Waals surface area contributed by atoms with Crippen molar-refractivity contribution in [3.05, 3.63) is 78.4 Å². The Hall–Kier alpha value is -2.70. The van der Waals surface area contributed by atoms with Gasteiger partial charge in [0.25, 0.3) is 0 Å². The smallest absolute Gasteiger partial charge is 0.241 e. The summed E-state index contributed by atoms with van der Waals surface area (Å²) in [5.41, 5.74) is 0.891. The van der Waals surface area contributed by atoms with E-state index in [9.17, 15) is 13.2 Å². The minimum Gasteiger partial charge on any atom is -0.355 e. The Morgan fingerprint density at radius 2 is 1.57 bits per heavy atom. The number of carbonyl (C=O) groups is 1. The molecule has 3 aromatic rings. The van der Waals surface area contributed by atoms with Crippen molar-refractivity contribution < 1.29 is 13.2 Å². The molecule has 0 aliphatic heterocycles. The molecule has 0 aliphatic rings. The van der Waals surface area contributed by atoms with Gasteiger partial charge in [0.05, 0.1) is 4.90 Å². The lowest BCUT2D eigenvalue weighted by Gasteiger charge is -2.19. The third kappa shape index (κ3) is 5.90. The van der Waals surface area contributed by atoms with E-state index in [0.717, 1.165) is 22.8 Å². The molecule has 3 rings (SSSR count). The summed E-state index contributed by atoms with van der Waals surface area (Å²) >= 11 is 0. The lowest BCUT2D eigenvalue weighted by molar-refractivity contribution is -0.122. The van der Waals surface area contributed by atoms with Crippen molar-refractivity contribution in [1.82, 2.24) is 10.0 Å². The summed E-state index contributed by atoms with van der Waals surface area (Å²) in [6, 6.07) is 21.1. The second kappa shape index (κ2) is 9.87. The molecule has 3 aromatic carbocycles. The second-order valence-corrected chi connectivity index (χ2v) is 9.56. The highest BCUT2D eigenvalue weighted by atomic mass is 32.2. The Kier molecular flexibility index (Phi) is 7.24. The third-order valence-corrected chi connectivity index (χ3v) is 6.42. The Balaban J connectivity index is 1.82. The minimum absolute atomic E-state index is 0.147. The van der Waals surface area contributed by atoms with Gasteiger partial charge in [-0.1, -0.05) is 74.5 Å². The molecule has 1 amide bonds. The van der Waals surface area contributed by atoms with E-state index in [1.54, 1.807) is 18.2 Å². The fourth-order valence-corrected chi connectivity index (χ4v) is 4.47. The summed E-state index contributed by atoms with van der Waals surface area (Å²) in [6.45, 7) is 4.67. The maximum Gasteiger partial charge on any atom is 0.241 e. The normalized spacial score (nSPS) is 12.8. The summed E-state index contributed by atoms with van der Waals surface area (Å²) in [7, 11) is -3.87. The van der Waals surface area contributed by atoms with Gasteiger partial charge >= 0.3 is 0 Å². The molecule has 0 radical (unpaired) electrons. The maximum absolute atomic E-state index is 13.1. The van der Waals surface area contributed by atoms with Crippen LogP contribution in [0.15, 0.2) is 77.7 Å². The molecular weight excluding hydrogens is 396 g/mol. The van der Waals surface area contributed by atoms with E-state index < -0.39 is 16.1 Å². The number of benzene rings is 3. The molecule has 0 spiro atoms. The van der Waals surface area contributed by atoms with Gasteiger partial charge in [0, 0.05) is 6.54 Å². The first-order chi connectivity index (χ1) is 14.3. The monoisotopic (exact) mass is 424 g/mol. The molecule has 6 heteroatoms. The molecule has 0 heterocycles. The molecule has 1 atom stereocenters. The summed E-state index contributed by atoms with van der Waals surface area (Å²) in [4.78, 5) is 13.0. The molecule has 5 nitrogen and oxygen atoms in total. The number of sulfonamides is 1. The van der Waals surface area contributed by atoms with Crippen LogP contribution in [-0.4, -0.2) is 26.9 Å². The van der Waals surface area contributed by atoms with E-state index in [2.05, 4.69) is 23.9 Å². The van der Waals surface area contributed by atoms with Crippen LogP contribution in [0.3, 0.4) is 0 Å². The predicted molar refractivity (Wildman–Crippen MR) is 121 cm³/mol. The van der Waals surface area contributed by atoms with Crippen LogP contribution < -0.4 is 10.0 Å². The molecule has 0 saturated carbocycles. The van der Waals surface area contributed by atoms with E-state index >= 15 is 0 Å². The number of hydrogen-bond donors (Lipinski definition) is 2. The Labute approximate surface area is 178 Å². The molecule has 158 valence electrons. The molecule has 1 unspecified atom stereocenters. The van der Waals surface area contributed by atoms with Crippen LogP contribution in [0.1, 0.15) is 25.8 Å². The first-order valence-electron chi connectivity index (χ1n) is 10.2. The molecular formula is C24H28N2O3S. The van der Waals surface area contributed by atoms with Crippen molar-refractivity contribution in [2.24, 2.45) is 5.92 Å². The third-order valence-electron chi connectivity index (χ3n) is 4.95. The van der Waals surface area contributed by atoms with Gasteiger partial charge in [-0.15, -0.1) is 0 Å². The van der Waals surface area contributed by atoms with E-state index in [0.29, 0.717) is 12.5 Å². The van der Waals surface area contributed by atoms with Gasteiger partial charge in [-0.3, -0.25) is 4.79 Å². The summed E-state index contributed by atoms with van der Waals surface area (Å²) in [5.74, 6) is 0.135. The Morgan fingerprint density at radius 1 is 0.900 bits per heavy atom. The molecule has 2 N–H and O–H groups in total. The van der Waals surface area contributed by atoms with Crippen LogP contribution in [0.2, 0.25) is 0 Å². The molecule has 30 heavy (non-hydrogen) atoms. The van der Waals surface area contributed by atoms with Crippen molar-refractivity contribution in [3.8, 4) is 0 Å². The van der Waals surface area contributed by atoms with Crippen molar-refractivity contribution >= 4 is 26.7 Å². The highest BCUT2D eigenvalue weighted by Crippen LogP contribution is 2.19. The van der Waals surface area contributed by atoms with Crippen LogP contribution in [0.4, 0.5) is 0 Å². The van der Waals surface area contributed by atoms with Crippen LogP contribution in [0.5, 0.6) is 0 Å². The lowest BCUT2D eigenvalue weighted by atomic mass is 10.1. The van der Waals surface area contributed by atoms with Crippen LogP contribution >= 0.6 is 0 Å². The number of rotatable bonds is 9. The summed E-state index contributed by atoms with van der Waals surface area (Å²) in [6.07, 6.45) is 1.11. The highest BCUT2D eigenvalue weighted by Gasteiger charge is 2.26. The van der Waals surface area contributed by atoms with E-state index in [4.69, 9.17) is 0 Å². The maximum atomic E-state index is 13.1. The Morgan fingerprint density at radius 3 is 2.27 bits per heavy atom. The predicted octanol–water partition coefficient (Wildman–Crippen LogP) is 3.89. The first-order valence-corrected chi connectivity index (χ1v) is 11.7. The zero-order chi connectivity index (χ0) is 21.6. The average molecular weight is 425 g/mol. The number of amides is 1. The Bertz CT molecular complexity index is 1100. The molecule has 0 bridgehead atoms. The summed E-state index contributed by atoms with van der Waals surface area (Å²) in [5, 5.41) is 4.67. The van der Waals surface area contributed by atoms with Gasteiger partial charge in [0.15, 0.2) is 0 Å². The number of nitrogens with one attached hydrogen (secondary N) is 2. The van der Waals surface area contributed by atoms with Gasteiger partial charge in [-0.2, -0.15) is 4.72 Å². The van der Waals surface area contributed by atoms with Crippen LogP contribution in [-0.2, 0) is 21.2 Å². The van der Waals surface area contributed by atoms with Crippen molar-refractivity contribution in [2.45, 2.75) is 37.6 Å². The summed E-state index contributed by atoms with van der Waals surface area (Å²) < 4.78 is 28.8. The largest absolute Gasteiger partial charge is 0.355 e. The van der Waals surface area contributed by atoms with Gasteiger partial charge in [0.2, 0.25) is 15.9 Å². The van der Waals surface area contributed by atoms with Crippen molar-refractivity contribution in [3.63, 3.8) is 0 Å². The second-order valence-electron chi connectivity index (χ2n) is 7.85. The van der Waals surface area contributed by atoms with Gasteiger partial charge in [-0.05, 0) is 47.2 Å². The minimum atomic E-state index is -3.87. The fraction of sp³-hybridized carbons (Fsp3) is 0.292. The molecule has 0 saturated heterocycles. The molecule has 0 aromatic heterocycles. The quantitative estimate of drug-likeness (QED) is 0.547. The number of carbonyl (C=O) groups excluding carboxylic acids is 1. The van der Waals surface area contributed by atoms with Crippen molar-refractivity contribution in [2.75, 3.05) is 6.54 Å². The van der Waals surface area contributed by atoms with Crippen LogP contribution in [0, 0.1) is 5.92 Å². The standard InChI is InChI=1S/C24H28N2O3S/c1-18(2)14-15-25-24(27)23(16-19-8-4-3-5-9-19)26-30(28,29)22-13-12-20-10-6-7-11-21(20)17-22/h3-13,17-18,23,26H,14-16H2,1-2H3,(H,25,27).